The number of unbranched alkanes of at least 4 members (excludes halogenated alkanes) is 19. The van der Waals surface area contributed by atoms with Crippen molar-refractivity contribution in [2.24, 2.45) is 0 Å². The van der Waals surface area contributed by atoms with Crippen molar-refractivity contribution in [2.45, 2.75) is 264 Å². The summed E-state index contributed by atoms with van der Waals surface area (Å²) in [5.41, 5.74) is 0. The molecule has 6 nitrogen and oxygen atoms in total. The number of esters is 3. The van der Waals surface area contributed by atoms with Crippen LogP contribution in [-0.2, 0) is 28.6 Å². The van der Waals surface area contributed by atoms with Crippen LogP contribution in [-0.4, -0.2) is 37.2 Å². The van der Waals surface area contributed by atoms with Gasteiger partial charge in [-0.15, -0.1) is 0 Å². The molecule has 428 valence electrons. The number of hydrogen-bond donors (Lipinski definition) is 0. The average molecular weight is 1050 g/mol. The largest absolute Gasteiger partial charge is 0.462 e. The van der Waals surface area contributed by atoms with Crippen molar-refractivity contribution < 1.29 is 28.6 Å². The Morgan fingerprint density at radius 3 is 0.868 bits per heavy atom. The van der Waals surface area contributed by atoms with Gasteiger partial charge in [0.2, 0.25) is 0 Å². The van der Waals surface area contributed by atoms with Gasteiger partial charge in [0, 0.05) is 19.3 Å². The second kappa shape index (κ2) is 62.8. The minimum atomic E-state index is -0.836. The molecular weight excluding hydrogens is 937 g/mol. The van der Waals surface area contributed by atoms with Crippen molar-refractivity contribution in [3.8, 4) is 0 Å². The highest BCUT2D eigenvalue weighted by Gasteiger charge is 2.19. The molecule has 0 aromatic heterocycles. The van der Waals surface area contributed by atoms with Crippen LogP contribution in [0.2, 0.25) is 0 Å². The summed E-state index contributed by atoms with van der Waals surface area (Å²) < 4.78 is 16.8. The van der Waals surface area contributed by atoms with Crippen molar-refractivity contribution in [3.05, 3.63) is 146 Å². The van der Waals surface area contributed by atoms with Crippen molar-refractivity contribution in [2.75, 3.05) is 13.2 Å². The van der Waals surface area contributed by atoms with Gasteiger partial charge in [-0.05, 0) is 128 Å². The SMILES string of the molecule is CC/C=C\C/C=C\C/C=C\C/C=C\C/C=C\C/C=C\CCC(=O)OC(COC(=O)CCCCCCC/C=C\C/C=C\C/C=C\C/C=C\C/C=C\CC)COC(=O)CCCCCCCCC/C=C\CCCCCCCCC. The molecule has 0 N–H and O–H groups in total. The number of rotatable bonds is 54. The van der Waals surface area contributed by atoms with E-state index < -0.39 is 12.1 Å². The Labute approximate surface area is 467 Å². The Balaban J connectivity index is 4.56. The van der Waals surface area contributed by atoms with E-state index in [9.17, 15) is 14.4 Å². The molecule has 0 bridgehead atoms. The zero-order valence-electron chi connectivity index (χ0n) is 49.0. The molecule has 6 heteroatoms. The van der Waals surface area contributed by atoms with E-state index in [1.807, 2.05) is 12.2 Å². The van der Waals surface area contributed by atoms with Gasteiger partial charge in [0.05, 0.1) is 0 Å². The first-order valence-corrected chi connectivity index (χ1v) is 30.8. The maximum atomic E-state index is 12.9. The fourth-order valence-corrected chi connectivity index (χ4v) is 8.02. The molecule has 0 radical (unpaired) electrons. The van der Waals surface area contributed by atoms with Crippen LogP contribution in [0.3, 0.4) is 0 Å². The molecule has 0 fully saturated rings. The zero-order chi connectivity index (χ0) is 55.0. The van der Waals surface area contributed by atoms with Crippen molar-refractivity contribution in [1.29, 1.82) is 0 Å². The van der Waals surface area contributed by atoms with E-state index in [0.717, 1.165) is 128 Å². The first-order valence-electron chi connectivity index (χ1n) is 30.8. The molecule has 1 unspecified atom stereocenters. The maximum Gasteiger partial charge on any atom is 0.306 e. The predicted octanol–water partition coefficient (Wildman–Crippen LogP) is 21.2. The summed E-state index contributed by atoms with van der Waals surface area (Å²) in [5.74, 6) is -1.03. The lowest BCUT2D eigenvalue weighted by atomic mass is 10.1. The highest BCUT2D eigenvalue weighted by atomic mass is 16.6. The molecule has 0 rings (SSSR count). The third kappa shape index (κ3) is 60.2. The minimum absolute atomic E-state index is 0.122. The quantitative estimate of drug-likeness (QED) is 0.0261. The van der Waals surface area contributed by atoms with Crippen molar-refractivity contribution in [3.63, 3.8) is 0 Å². The molecule has 0 aliphatic carbocycles. The van der Waals surface area contributed by atoms with Crippen LogP contribution in [0, 0.1) is 0 Å². The smallest absolute Gasteiger partial charge is 0.306 e. The second-order valence-electron chi connectivity index (χ2n) is 19.8. The molecule has 0 amide bonds. The maximum absolute atomic E-state index is 12.9. The monoisotopic (exact) mass is 1050 g/mol. The molecule has 0 saturated carbocycles. The highest BCUT2D eigenvalue weighted by Crippen LogP contribution is 2.14. The number of ether oxygens (including phenoxy) is 3. The van der Waals surface area contributed by atoms with E-state index in [1.165, 1.54) is 83.5 Å². The van der Waals surface area contributed by atoms with E-state index in [2.05, 4.69) is 154 Å². The Morgan fingerprint density at radius 2 is 0.539 bits per heavy atom. The van der Waals surface area contributed by atoms with Gasteiger partial charge in [0.1, 0.15) is 13.2 Å². The van der Waals surface area contributed by atoms with Crippen LogP contribution in [0.15, 0.2) is 146 Å². The Kier molecular flexibility index (Phi) is 58.9. The highest BCUT2D eigenvalue weighted by molar-refractivity contribution is 5.71. The predicted molar refractivity (Wildman–Crippen MR) is 329 cm³/mol. The molecule has 0 aliphatic heterocycles. The van der Waals surface area contributed by atoms with E-state index in [1.54, 1.807) is 0 Å². The lowest BCUT2D eigenvalue weighted by Gasteiger charge is -2.18. The van der Waals surface area contributed by atoms with Crippen LogP contribution in [0.1, 0.15) is 258 Å². The van der Waals surface area contributed by atoms with Crippen LogP contribution >= 0.6 is 0 Å². The number of carbonyl (C=O) groups excluding carboxylic acids is 3. The molecule has 0 spiro atoms. The van der Waals surface area contributed by atoms with Gasteiger partial charge < -0.3 is 14.2 Å². The summed E-state index contributed by atoms with van der Waals surface area (Å²) in [6.07, 6.45) is 89.9. The number of hydrogen-bond acceptors (Lipinski definition) is 6. The summed E-state index contributed by atoms with van der Waals surface area (Å²) in [6, 6.07) is 0. The lowest BCUT2D eigenvalue weighted by Crippen LogP contribution is -2.30. The Hall–Kier alpha value is -4.71. The van der Waals surface area contributed by atoms with Crippen LogP contribution in [0.4, 0.5) is 0 Å². The topological polar surface area (TPSA) is 78.9 Å². The van der Waals surface area contributed by atoms with Crippen molar-refractivity contribution >= 4 is 17.9 Å². The van der Waals surface area contributed by atoms with Crippen LogP contribution in [0.5, 0.6) is 0 Å². The van der Waals surface area contributed by atoms with Gasteiger partial charge in [-0.25, -0.2) is 0 Å². The molecule has 0 aliphatic rings. The molecule has 1 atom stereocenters. The first-order chi connectivity index (χ1) is 37.5. The van der Waals surface area contributed by atoms with Gasteiger partial charge in [0.25, 0.3) is 0 Å². The number of carbonyl (C=O) groups is 3. The second-order valence-corrected chi connectivity index (χ2v) is 19.8. The van der Waals surface area contributed by atoms with Crippen molar-refractivity contribution in [1.82, 2.24) is 0 Å². The zero-order valence-corrected chi connectivity index (χ0v) is 49.0. The van der Waals surface area contributed by atoms with Gasteiger partial charge >= 0.3 is 17.9 Å². The van der Waals surface area contributed by atoms with Gasteiger partial charge in [0.15, 0.2) is 6.10 Å². The van der Waals surface area contributed by atoms with Gasteiger partial charge in [-0.2, -0.15) is 0 Å². The van der Waals surface area contributed by atoms with Gasteiger partial charge in [-0.1, -0.05) is 256 Å². The third-order valence-electron chi connectivity index (χ3n) is 12.6. The summed E-state index contributed by atoms with van der Waals surface area (Å²) in [5, 5.41) is 0. The summed E-state index contributed by atoms with van der Waals surface area (Å²) in [7, 11) is 0. The molecule has 76 heavy (non-hydrogen) atoms. The number of allylic oxidation sites excluding steroid dienone is 24. The van der Waals surface area contributed by atoms with Crippen LogP contribution < -0.4 is 0 Å². The minimum Gasteiger partial charge on any atom is -0.462 e. The van der Waals surface area contributed by atoms with E-state index >= 15 is 0 Å². The standard InChI is InChI=1S/C70H112O6/c1-4-7-10-13-16-19-22-25-28-31-34-35-37-39-42-45-48-51-54-57-60-63-69(72)75-66-67(65-74-68(71)62-59-56-53-50-47-44-41-38-33-30-27-24-21-18-15-12-9-6-3)76-70(73)64-61-58-55-52-49-46-43-40-36-32-29-26-23-20-17-14-11-8-5-2/h7-8,10-11,16-17,19-20,25-26,28-30,33-36,39-40,42,46,49,55,58,67H,4-6,9,12-15,18,21-24,27,31-32,37-38,41,43-45,47-48,50-54,56-57,59-66H2,1-3H3/b10-7-,11-8-,19-16-,20-17-,28-25-,29-26-,33-30-,35-34-,40-36-,42-39-,49-46-,58-55-. The van der Waals surface area contributed by atoms with E-state index in [0.29, 0.717) is 19.3 Å². The fraction of sp³-hybridized carbons (Fsp3) is 0.614. The molecule has 0 aromatic rings. The Morgan fingerprint density at radius 1 is 0.276 bits per heavy atom. The first kappa shape index (κ1) is 71.3. The summed E-state index contributed by atoms with van der Waals surface area (Å²) >= 11 is 0. The molecule has 0 saturated heterocycles. The normalized spacial score (nSPS) is 13.1. The van der Waals surface area contributed by atoms with E-state index in [4.69, 9.17) is 14.2 Å². The molecule has 0 heterocycles. The average Bonchev–Trinajstić information content (AvgIpc) is 3.42. The fourth-order valence-electron chi connectivity index (χ4n) is 8.02. The van der Waals surface area contributed by atoms with E-state index in [-0.39, 0.29) is 31.6 Å². The molecule has 0 aromatic carbocycles. The van der Waals surface area contributed by atoms with Crippen LogP contribution in [0.25, 0.3) is 0 Å². The lowest BCUT2D eigenvalue weighted by molar-refractivity contribution is -0.166. The molecular formula is C70H112O6. The third-order valence-corrected chi connectivity index (χ3v) is 12.6. The summed E-state index contributed by atoms with van der Waals surface area (Å²) in [4.78, 5) is 38.3. The van der Waals surface area contributed by atoms with Gasteiger partial charge in [-0.3, -0.25) is 14.4 Å². The summed E-state index contributed by atoms with van der Waals surface area (Å²) in [6.45, 7) is 6.33. The Bertz CT molecular complexity index is 1680.